The molecule has 0 aromatic heterocycles. The summed E-state index contributed by atoms with van der Waals surface area (Å²) in [5.41, 5.74) is 1.62. The van der Waals surface area contributed by atoms with Gasteiger partial charge in [-0.2, -0.15) is 4.31 Å². The van der Waals surface area contributed by atoms with Crippen LogP contribution in [0.1, 0.15) is 15.9 Å². The quantitative estimate of drug-likeness (QED) is 0.814. The second-order valence-corrected chi connectivity index (χ2v) is 7.07. The van der Waals surface area contributed by atoms with E-state index in [-0.39, 0.29) is 5.91 Å². The lowest BCUT2D eigenvalue weighted by Crippen LogP contribution is -2.50. The van der Waals surface area contributed by atoms with Crippen molar-refractivity contribution in [3.05, 3.63) is 35.4 Å². The third-order valence-corrected chi connectivity index (χ3v) is 4.81. The average Bonchev–Trinajstić information content (AvgIpc) is 2.47. The lowest BCUT2D eigenvalue weighted by molar-refractivity contribution is 0.0698. The Morgan fingerprint density at radius 1 is 1.14 bits per heavy atom. The van der Waals surface area contributed by atoms with Crippen molar-refractivity contribution in [2.75, 3.05) is 39.5 Å². The number of methoxy groups -OCH3 is 1. The molecule has 0 bridgehead atoms. The molecule has 116 valence electrons. The Hall–Kier alpha value is -1.44. The maximum atomic E-state index is 12.4. The number of carbonyl (C=O) groups excluding carboxylic acids is 1. The first-order valence-corrected chi connectivity index (χ1v) is 8.59. The highest BCUT2D eigenvalue weighted by Gasteiger charge is 2.26. The van der Waals surface area contributed by atoms with Crippen LogP contribution in [0.3, 0.4) is 0 Å². The minimum Gasteiger partial charge on any atom is -0.380 e. The van der Waals surface area contributed by atoms with E-state index in [1.807, 2.05) is 12.1 Å². The van der Waals surface area contributed by atoms with Gasteiger partial charge in [0.2, 0.25) is 10.0 Å². The van der Waals surface area contributed by atoms with Gasteiger partial charge in [-0.3, -0.25) is 4.79 Å². The molecule has 1 heterocycles. The third kappa shape index (κ3) is 4.03. The molecule has 0 atom stereocenters. The Bertz CT molecular complexity index is 590. The van der Waals surface area contributed by atoms with Crippen LogP contribution in [0, 0.1) is 0 Å². The summed E-state index contributed by atoms with van der Waals surface area (Å²) >= 11 is 0. The second-order valence-electron chi connectivity index (χ2n) is 5.08. The molecule has 1 fully saturated rings. The SMILES string of the molecule is COCc1ccc(C(=O)N2CCN(S(C)(=O)=O)CC2)cc1. The topological polar surface area (TPSA) is 66.9 Å². The van der Waals surface area contributed by atoms with Gasteiger partial charge in [-0.15, -0.1) is 0 Å². The van der Waals surface area contributed by atoms with Crippen LogP contribution < -0.4 is 0 Å². The van der Waals surface area contributed by atoms with E-state index in [4.69, 9.17) is 4.74 Å². The summed E-state index contributed by atoms with van der Waals surface area (Å²) in [6.07, 6.45) is 1.19. The molecule has 2 rings (SSSR count). The van der Waals surface area contributed by atoms with Crippen molar-refractivity contribution in [1.82, 2.24) is 9.21 Å². The van der Waals surface area contributed by atoms with Crippen LogP contribution in [0.2, 0.25) is 0 Å². The molecule has 0 unspecified atom stereocenters. The molecule has 21 heavy (non-hydrogen) atoms. The average molecular weight is 312 g/mol. The molecule has 1 saturated heterocycles. The number of amides is 1. The highest BCUT2D eigenvalue weighted by Crippen LogP contribution is 2.12. The maximum Gasteiger partial charge on any atom is 0.253 e. The van der Waals surface area contributed by atoms with Crippen molar-refractivity contribution in [2.24, 2.45) is 0 Å². The number of hydrogen-bond donors (Lipinski definition) is 0. The summed E-state index contributed by atoms with van der Waals surface area (Å²) in [5.74, 6) is -0.0629. The first kappa shape index (κ1) is 15.9. The Balaban J connectivity index is 1.98. The first-order chi connectivity index (χ1) is 9.91. The van der Waals surface area contributed by atoms with E-state index in [1.54, 1.807) is 24.1 Å². The molecule has 1 aromatic carbocycles. The molecule has 0 spiro atoms. The number of piperazine rings is 1. The van der Waals surface area contributed by atoms with E-state index in [0.29, 0.717) is 38.3 Å². The Morgan fingerprint density at radius 3 is 2.19 bits per heavy atom. The van der Waals surface area contributed by atoms with Crippen molar-refractivity contribution in [2.45, 2.75) is 6.61 Å². The highest BCUT2D eigenvalue weighted by molar-refractivity contribution is 7.88. The van der Waals surface area contributed by atoms with Gasteiger partial charge in [-0.25, -0.2) is 8.42 Å². The Labute approximate surface area is 125 Å². The molecular formula is C14H20N2O4S. The standard InChI is InChI=1S/C14H20N2O4S/c1-20-11-12-3-5-13(6-4-12)14(17)15-7-9-16(10-8-15)21(2,18)19/h3-6H,7-11H2,1-2H3. The van der Waals surface area contributed by atoms with Crippen LogP contribution in [0.15, 0.2) is 24.3 Å². The number of nitrogens with zero attached hydrogens (tertiary/aromatic N) is 2. The van der Waals surface area contributed by atoms with Crippen LogP contribution in [0.5, 0.6) is 0 Å². The van der Waals surface area contributed by atoms with Crippen LogP contribution in [0.25, 0.3) is 0 Å². The number of hydrogen-bond acceptors (Lipinski definition) is 4. The molecule has 1 aliphatic rings. The van der Waals surface area contributed by atoms with Gasteiger partial charge >= 0.3 is 0 Å². The summed E-state index contributed by atoms with van der Waals surface area (Å²) in [7, 11) is -1.54. The van der Waals surface area contributed by atoms with E-state index >= 15 is 0 Å². The largest absolute Gasteiger partial charge is 0.380 e. The second kappa shape index (κ2) is 6.55. The normalized spacial score (nSPS) is 17.0. The van der Waals surface area contributed by atoms with Gasteiger partial charge in [-0.1, -0.05) is 12.1 Å². The van der Waals surface area contributed by atoms with Crippen LogP contribution >= 0.6 is 0 Å². The molecule has 6 nitrogen and oxygen atoms in total. The number of ether oxygens (including phenoxy) is 1. The number of rotatable bonds is 4. The fourth-order valence-electron chi connectivity index (χ4n) is 2.32. The van der Waals surface area contributed by atoms with E-state index in [9.17, 15) is 13.2 Å². The smallest absolute Gasteiger partial charge is 0.253 e. The summed E-state index contributed by atoms with van der Waals surface area (Å²) in [5, 5.41) is 0. The zero-order valence-corrected chi connectivity index (χ0v) is 13.1. The molecule has 0 aliphatic carbocycles. The minimum atomic E-state index is -3.17. The number of carbonyl (C=O) groups is 1. The molecule has 1 aromatic rings. The fraction of sp³-hybridized carbons (Fsp3) is 0.500. The summed E-state index contributed by atoms with van der Waals surface area (Å²) in [4.78, 5) is 14.0. The van der Waals surface area contributed by atoms with Gasteiger partial charge in [0.1, 0.15) is 0 Å². The lowest BCUT2D eigenvalue weighted by atomic mass is 10.1. The van der Waals surface area contributed by atoms with Crippen molar-refractivity contribution in [1.29, 1.82) is 0 Å². The van der Waals surface area contributed by atoms with Gasteiger partial charge in [0.25, 0.3) is 5.91 Å². The first-order valence-electron chi connectivity index (χ1n) is 6.74. The zero-order chi connectivity index (χ0) is 15.5. The predicted molar refractivity (Wildman–Crippen MR) is 79.5 cm³/mol. The van der Waals surface area contributed by atoms with Crippen LogP contribution in [0.4, 0.5) is 0 Å². The fourth-order valence-corrected chi connectivity index (χ4v) is 3.14. The Morgan fingerprint density at radius 2 is 1.71 bits per heavy atom. The molecule has 1 amide bonds. The maximum absolute atomic E-state index is 12.4. The summed E-state index contributed by atoms with van der Waals surface area (Å²) < 4.78 is 29.3. The van der Waals surface area contributed by atoms with Gasteiger partial charge < -0.3 is 9.64 Å². The molecule has 0 N–H and O–H groups in total. The lowest BCUT2D eigenvalue weighted by Gasteiger charge is -2.33. The molecule has 0 saturated carbocycles. The highest BCUT2D eigenvalue weighted by atomic mass is 32.2. The van der Waals surface area contributed by atoms with E-state index < -0.39 is 10.0 Å². The van der Waals surface area contributed by atoms with Gasteiger partial charge in [0.05, 0.1) is 12.9 Å². The monoisotopic (exact) mass is 312 g/mol. The van der Waals surface area contributed by atoms with Crippen molar-refractivity contribution >= 4 is 15.9 Å². The molecular weight excluding hydrogens is 292 g/mol. The summed E-state index contributed by atoms with van der Waals surface area (Å²) in [6.45, 7) is 2.07. The van der Waals surface area contributed by atoms with E-state index in [0.717, 1.165) is 5.56 Å². The Kier molecular flexibility index (Phi) is 4.97. The van der Waals surface area contributed by atoms with E-state index in [1.165, 1.54) is 10.6 Å². The van der Waals surface area contributed by atoms with Crippen molar-refractivity contribution < 1.29 is 17.9 Å². The van der Waals surface area contributed by atoms with Crippen LogP contribution in [-0.2, 0) is 21.4 Å². The van der Waals surface area contributed by atoms with Gasteiger partial charge in [0.15, 0.2) is 0 Å². The number of sulfonamides is 1. The number of benzene rings is 1. The predicted octanol–water partition coefficient (Wildman–Crippen LogP) is 0.550. The van der Waals surface area contributed by atoms with E-state index in [2.05, 4.69) is 0 Å². The summed E-state index contributed by atoms with van der Waals surface area (Å²) in [6, 6.07) is 7.28. The molecule has 7 heteroatoms. The third-order valence-electron chi connectivity index (χ3n) is 3.51. The van der Waals surface area contributed by atoms with Crippen molar-refractivity contribution in [3.63, 3.8) is 0 Å². The van der Waals surface area contributed by atoms with Crippen LogP contribution in [-0.4, -0.2) is 63.1 Å². The van der Waals surface area contributed by atoms with Gasteiger partial charge in [-0.05, 0) is 17.7 Å². The molecule has 1 aliphatic heterocycles. The van der Waals surface area contributed by atoms with Crippen molar-refractivity contribution in [3.8, 4) is 0 Å². The minimum absolute atomic E-state index is 0.0629. The zero-order valence-electron chi connectivity index (χ0n) is 12.3. The molecule has 0 radical (unpaired) electrons. The van der Waals surface area contributed by atoms with Gasteiger partial charge in [0, 0.05) is 38.9 Å².